The van der Waals surface area contributed by atoms with Gasteiger partial charge in [-0.3, -0.25) is 10.1 Å². The van der Waals surface area contributed by atoms with Crippen LogP contribution in [0.4, 0.5) is 11.5 Å². The number of nitrogens with zero attached hydrogens (tertiary/aromatic N) is 2. The summed E-state index contributed by atoms with van der Waals surface area (Å²) in [5.41, 5.74) is 2.52. The molecule has 0 fully saturated rings. The number of benzene rings is 1. The SMILES string of the molecule is Cc1cccc(C(O)CNc2ncc([N+](=O)[O-])cc2C)c1. The summed E-state index contributed by atoms with van der Waals surface area (Å²) in [5.74, 6) is 0.535. The molecule has 21 heavy (non-hydrogen) atoms. The Morgan fingerprint density at radius 2 is 2.14 bits per heavy atom. The van der Waals surface area contributed by atoms with Crippen molar-refractivity contribution in [2.45, 2.75) is 20.0 Å². The number of aryl methyl sites for hydroxylation is 2. The number of aliphatic hydroxyl groups excluding tert-OH is 1. The predicted molar refractivity (Wildman–Crippen MR) is 80.3 cm³/mol. The number of aliphatic hydroxyl groups is 1. The van der Waals surface area contributed by atoms with Gasteiger partial charge in [0.2, 0.25) is 0 Å². The number of nitrogens with one attached hydrogen (secondary N) is 1. The topological polar surface area (TPSA) is 88.3 Å². The molecule has 0 aliphatic rings. The van der Waals surface area contributed by atoms with Gasteiger partial charge in [-0.15, -0.1) is 0 Å². The van der Waals surface area contributed by atoms with Gasteiger partial charge in [0.25, 0.3) is 5.69 Å². The average Bonchev–Trinajstić information content (AvgIpc) is 2.45. The minimum atomic E-state index is -0.665. The highest BCUT2D eigenvalue weighted by Crippen LogP contribution is 2.20. The Balaban J connectivity index is 2.04. The summed E-state index contributed by atoms with van der Waals surface area (Å²) in [6, 6.07) is 9.08. The standard InChI is InChI=1S/C15H17N3O3/c1-10-4-3-5-12(6-10)14(19)9-17-15-11(2)7-13(8-16-15)18(20)21/h3-8,14,19H,9H2,1-2H3,(H,16,17). The van der Waals surface area contributed by atoms with Gasteiger partial charge in [-0.2, -0.15) is 0 Å². The summed E-state index contributed by atoms with van der Waals surface area (Å²) in [5, 5.41) is 23.8. The summed E-state index contributed by atoms with van der Waals surface area (Å²) in [4.78, 5) is 14.2. The van der Waals surface area contributed by atoms with E-state index in [0.29, 0.717) is 11.4 Å². The number of nitro groups is 1. The van der Waals surface area contributed by atoms with Crippen LogP contribution in [-0.4, -0.2) is 21.6 Å². The lowest BCUT2D eigenvalue weighted by Gasteiger charge is -2.14. The first-order valence-electron chi connectivity index (χ1n) is 6.57. The van der Waals surface area contributed by atoms with E-state index in [4.69, 9.17) is 0 Å². The molecule has 0 bridgehead atoms. The predicted octanol–water partition coefficient (Wildman–Crippen LogP) is 2.75. The van der Waals surface area contributed by atoms with Gasteiger partial charge in [0.1, 0.15) is 12.0 Å². The molecular weight excluding hydrogens is 270 g/mol. The molecule has 1 atom stereocenters. The summed E-state index contributed by atoms with van der Waals surface area (Å²) < 4.78 is 0. The lowest BCUT2D eigenvalue weighted by Crippen LogP contribution is -2.14. The Kier molecular flexibility index (Phi) is 4.49. The van der Waals surface area contributed by atoms with Gasteiger partial charge >= 0.3 is 0 Å². The molecule has 1 unspecified atom stereocenters. The van der Waals surface area contributed by atoms with Crippen LogP contribution in [0.1, 0.15) is 22.8 Å². The molecule has 0 radical (unpaired) electrons. The van der Waals surface area contributed by atoms with Crippen molar-refractivity contribution in [2.75, 3.05) is 11.9 Å². The molecule has 1 aromatic heterocycles. The Labute approximate surface area is 122 Å². The van der Waals surface area contributed by atoms with E-state index in [-0.39, 0.29) is 12.2 Å². The van der Waals surface area contributed by atoms with E-state index in [1.807, 2.05) is 31.2 Å². The van der Waals surface area contributed by atoms with Gasteiger partial charge in [0.15, 0.2) is 0 Å². The third-order valence-corrected chi connectivity index (χ3v) is 3.16. The lowest BCUT2D eigenvalue weighted by atomic mass is 10.1. The normalized spacial score (nSPS) is 12.0. The zero-order chi connectivity index (χ0) is 15.4. The lowest BCUT2D eigenvalue weighted by molar-refractivity contribution is -0.385. The molecule has 0 saturated heterocycles. The van der Waals surface area contributed by atoms with Crippen molar-refractivity contribution in [3.8, 4) is 0 Å². The van der Waals surface area contributed by atoms with Crippen molar-refractivity contribution in [1.82, 2.24) is 4.98 Å². The van der Waals surface area contributed by atoms with Crippen LogP contribution < -0.4 is 5.32 Å². The largest absolute Gasteiger partial charge is 0.387 e. The maximum Gasteiger partial charge on any atom is 0.287 e. The minimum absolute atomic E-state index is 0.0442. The van der Waals surface area contributed by atoms with Crippen LogP contribution >= 0.6 is 0 Å². The molecule has 1 aromatic carbocycles. The number of pyridine rings is 1. The van der Waals surface area contributed by atoms with Gasteiger partial charge in [0.05, 0.1) is 11.0 Å². The molecule has 1 heterocycles. The van der Waals surface area contributed by atoms with E-state index < -0.39 is 11.0 Å². The van der Waals surface area contributed by atoms with Crippen molar-refractivity contribution in [3.63, 3.8) is 0 Å². The molecular formula is C15H17N3O3. The van der Waals surface area contributed by atoms with Crippen molar-refractivity contribution in [2.24, 2.45) is 0 Å². The Morgan fingerprint density at radius 3 is 2.76 bits per heavy atom. The van der Waals surface area contributed by atoms with Gasteiger partial charge in [-0.05, 0) is 25.0 Å². The second-order valence-corrected chi connectivity index (χ2v) is 4.93. The molecule has 6 heteroatoms. The van der Waals surface area contributed by atoms with Gasteiger partial charge in [0, 0.05) is 12.6 Å². The van der Waals surface area contributed by atoms with Crippen molar-refractivity contribution < 1.29 is 10.0 Å². The third kappa shape index (κ3) is 3.76. The summed E-state index contributed by atoms with van der Waals surface area (Å²) in [6.45, 7) is 3.99. The van der Waals surface area contributed by atoms with Crippen LogP contribution in [-0.2, 0) is 0 Å². The second kappa shape index (κ2) is 6.32. The number of hydrogen-bond acceptors (Lipinski definition) is 5. The highest BCUT2D eigenvalue weighted by Gasteiger charge is 2.11. The van der Waals surface area contributed by atoms with Crippen LogP contribution in [0.15, 0.2) is 36.5 Å². The first-order valence-corrected chi connectivity index (χ1v) is 6.57. The molecule has 0 aliphatic heterocycles. The Hall–Kier alpha value is -2.47. The summed E-state index contributed by atoms with van der Waals surface area (Å²) >= 11 is 0. The Bertz CT molecular complexity index is 658. The first kappa shape index (κ1) is 14.9. The molecule has 2 rings (SSSR count). The fraction of sp³-hybridized carbons (Fsp3) is 0.267. The third-order valence-electron chi connectivity index (χ3n) is 3.16. The molecule has 6 nitrogen and oxygen atoms in total. The number of rotatable bonds is 5. The minimum Gasteiger partial charge on any atom is -0.387 e. The quantitative estimate of drug-likeness (QED) is 0.652. The average molecular weight is 287 g/mol. The molecule has 0 spiro atoms. The maximum absolute atomic E-state index is 10.7. The van der Waals surface area contributed by atoms with E-state index >= 15 is 0 Å². The van der Waals surface area contributed by atoms with Crippen molar-refractivity contribution >= 4 is 11.5 Å². The van der Waals surface area contributed by atoms with E-state index in [1.165, 1.54) is 12.3 Å². The van der Waals surface area contributed by atoms with Gasteiger partial charge < -0.3 is 10.4 Å². The molecule has 2 aromatic rings. The van der Waals surface area contributed by atoms with Crippen LogP contribution in [0.3, 0.4) is 0 Å². The van der Waals surface area contributed by atoms with Gasteiger partial charge in [-0.1, -0.05) is 29.8 Å². The monoisotopic (exact) mass is 287 g/mol. The number of anilines is 1. The van der Waals surface area contributed by atoms with E-state index in [9.17, 15) is 15.2 Å². The summed E-state index contributed by atoms with van der Waals surface area (Å²) in [6.07, 6.45) is 0.537. The number of aromatic nitrogens is 1. The Morgan fingerprint density at radius 1 is 1.38 bits per heavy atom. The van der Waals surface area contributed by atoms with E-state index in [2.05, 4.69) is 10.3 Å². The smallest absolute Gasteiger partial charge is 0.287 e. The van der Waals surface area contributed by atoms with Crippen LogP contribution in [0.2, 0.25) is 0 Å². The van der Waals surface area contributed by atoms with Crippen molar-refractivity contribution in [3.05, 3.63) is 63.3 Å². The van der Waals surface area contributed by atoms with Gasteiger partial charge in [-0.25, -0.2) is 4.98 Å². The fourth-order valence-electron chi connectivity index (χ4n) is 2.03. The molecule has 110 valence electrons. The van der Waals surface area contributed by atoms with Crippen LogP contribution in [0.5, 0.6) is 0 Å². The zero-order valence-corrected chi connectivity index (χ0v) is 11.9. The highest BCUT2D eigenvalue weighted by molar-refractivity contribution is 5.48. The zero-order valence-electron chi connectivity index (χ0n) is 11.9. The molecule has 0 saturated carbocycles. The van der Waals surface area contributed by atoms with Crippen LogP contribution in [0, 0.1) is 24.0 Å². The highest BCUT2D eigenvalue weighted by atomic mass is 16.6. The number of hydrogen-bond donors (Lipinski definition) is 2. The van der Waals surface area contributed by atoms with E-state index in [1.54, 1.807) is 6.92 Å². The maximum atomic E-state index is 10.7. The fourth-order valence-corrected chi connectivity index (χ4v) is 2.03. The first-order chi connectivity index (χ1) is 9.97. The molecule has 0 aliphatic carbocycles. The summed E-state index contributed by atoms with van der Waals surface area (Å²) in [7, 11) is 0. The van der Waals surface area contributed by atoms with Crippen LogP contribution in [0.25, 0.3) is 0 Å². The van der Waals surface area contributed by atoms with E-state index in [0.717, 1.165) is 11.1 Å². The molecule has 2 N–H and O–H groups in total. The second-order valence-electron chi connectivity index (χ2n) is 4.93. The molecule has 0 amide bonds. The van der Waals surface area contributed by atoms with Crippen molar-refractivity contribution in [1.29, 1.82) is 0 Å².